The van der Waals surface area contributed by atoms with Crippen molar-refractivity contribution >= 4 is 5.69 Å². The Balaban J connectivity index is 1.97. The van der Waals surface area contributed by atoms with Gasteiger partial charge in [0.05, 0.1) is 0 Å². The van der Waals surface area contributed by atoms with E-state index in [9.17, 15) is 0 Å². The Kier molecular flexibility index (Phi) is 4.56. The summed E-state index contributed by atoms with van der Waals surface area (Å²) < 4.78 is 0. The second kappa shape index (κ2) is 6.77. The van der Waals surface area contributed by atoms with Crippen LogP contribution in [-0.2, 0) is 6.42 Å². The molecule has 1 aliphatic heterocycles. The normalized spacial score (nSPS) is 15.2. The lowest BCUT2D eigenvalue weighted by atomic mass is 9.96. The van der Waals surface area contributed by atoms with Gasteiger partial charge < -0.3 is 10.2 Å². The van der Waals surface area contributed by atoms with Crippen LogP contribution in [0.2, 0.25) is 0 Å². The fourth-order valence-corrected chi connectivity index (χ4v) is 3.06. The molecule has 2 nitrogen and oxygen atoms in total. The molecule has 110 valence electrons. The van der Waals surface area contributed by atoms with Crippen LogP contribution in [0.15, 0.2) is 48.5 Å². The van der Waals surface area contributed by atoms with Crippen LogP contribution >= 0.6 is 0 Å². The van der Waals surface area contributed by atoms with E-state index in [4.69, 9.17) is 0 Å². The number of rotatable bonds is 4. The summed E-state index contributed by atoms with van der Waals surface area (Å²) >= 11 is 0. The first-order chi connectivity index (χ1) is 10.4. The highest BCUT2D eigenvalue weighted by molar-refractivity contribution is 5.72. The van der Waals surface area contributed by atoms with E-state index in [2.05, 4.69) is 65.7 Å². The minimum absolute atomic E-state index is 1.08. The van der Waals surface area contributed by atoms with Crippen LogP contribution in [0.3, 0.4) is 0 Å². The van der Waals surface area contributed by atoms with Gasteiger partial charge in [0.15, 0.2) is 0 Å². The third-order valence-electron chi connectivity index (χ3n) is 4.18. The summed E-state index contributed by atoms with van der Waals surface area (Å²) in [7, 11) is 0. The summed E-state index contributed by atoms with van der Waals surface area (Å²) in [5.74, 6) is 0. The molecule has 1 saturated heterocycles. The number of nitrogens with zero attached hydrogens (tertiary/aromatic N) is 1. The predicted molar refractivity (Wildman–Crippen MR) is 91.0 cm³/mol. The molecule has 1 aliphatic rings. The second-order valence-electron chi connectivity index (χ2n) is 5.69. The minimum Gasteiger partial charge on any atom is -0.369 e. The molecular formula is C19H24N2. The van der Waals surface area contributed by atoms with E-state index >= 15 is 0 Å². The van der Waals surface area contributed by atoms with Gasteiger partial charge in [-0.25, -0.2) is 0 Å². The summed E-state index contributed by atoms with van der Waals surface area (Å²) in [5.41, 5.74) is 5.55. The van der Waals surface area contributed by atoms with Gasteiger partial charge in [0.25, 0.3) is 0 Å². The number of anilines is 1. The molecule has 0 unspecified atom stereocenters. The van der Waals surface area contributed by atoms with Crippen LogP contribution in [0, 0.1) is 0 Å². The first-order valence-electron chi connectivity index (χ1n) is 8.02. The van der Waals surface area contributed by atoms with E-state index in [0.717, 1.165) is 32.6 Å². The molecule has 1 N–H and O–H groups in total. The van der Waals surface area contributed by atoms with Gasteiger partial charge in [-0.1, -0.05) is 49.7 Å². The van der Waals surface area contributed by atoms with Gasteiger partial charge in [0.2, 0.25) is 0 Å². The lowest BCUT2D eigenvalue weighted by Crippen LogP contribution is -2.43. The zero-order chi connectivity index (χ0) is 14.5. The van der Waals surface area contributed by atoms with Gasteiger partial charge in [-0.3, -0.25) is 0 Å². The maximum atomic E-state index is 3.42. The van der Waals surface area contributed by atoms with Crippen molar-refractivity contribution in [3.63, 3.8) is 0 Å². The quantitative estimate of drug-likeness (QED) is 0.918. The fourth-order valence-electron chi connectivity index (χ4n) is 3.06. The number of aryl methyl sites for hydroxylation is 1. The Bertz CT molecular complexity index is 571. The highest BCUT2D eigenvalue weighted by Crippen LogP contribution is 2.29. The van der Waals surface area contributed by atoms with E-state index in [1.54, 1.807) is 0 Å². The third kappa shape index (κ3) is 3.27. The minimum atomic E-state index is 1.08. The molecule has 2 aromatic carbocycles. The van der Waals surface area contributed by atoms with Crippen molar-refractivity contribution in [2.45, 2.75) is 19.8 Å². The summed E-state index contributed by atoms with van der Waals surface area (Å²) in [6.45, 7) is 6.61. The zero-order valence-electron chi connectivity index (χ0n) is 12.8. The van der Waals surface area contributed by atoms with Crippen molar-refractivity contribution < 1.29 is 0 Å². The van der Waals surface area contributed by atoms with Crippen LogP contribution in [0.4, 0.5) is 5.69 Å². The number of hydrogen-bond acceptors (Lipinski definition) is 2. The van der Waals surface area contributed by atoms with Gasteiger partial charge in [0, 0.05) is 31.9 Å². The SMILES string of the molecule is CCCc1ccc(N2CCNCC2)cc1-c1ccccc1. The molecule has 0 spiro atoms. The highest BCUT2D eigenvalue weighted by Gasteiger charge is 2.13. The zero-order valence-corrected chi connectivity index (χ0v) is 12.8. The molecule has 0 aliphatic carbocycles. The average molecular weight is 280 g/mol. The van der Waals surface area contributed by atoms with Crippen molar-refractivity contribution in [2.24, 2.45) is 0 Å². The second-order valence-corrected chi connectivity index (χ2v) is 5.69. The van der Waals surface area contributed by atoms with Crippen molar-refractivity contribution in [1.82, 2.24) is 5.32 Å². The van der Waals surface area contributed by atoms with E-state index in [1.165, 1.54) is 28.8 Å². The van der Waals surface area contributed by atoms with Crippen LogP contribution in [0.1, 0.15) is 18.9 Å². The van der Waals surface area contributed by atoms with Gasteiger partial charge in [0.1, 0.15) is 0 Å². The van der Waals surface area contributed by atoms with E-state index in [0.29, 0.717) is 0 Å². The molecule has 1 fully saturated rings. The first kappa shape index (κ1) is 14.2. The number of nitrogens with one attached hydrogen (secondary N) is 1. The highest BCUT2D eigenvalue weighted by atomic mass is 15.2. The van der Waals surface area contributed by atoms with Crippen LogP contribution in [0.25, 0.3) is 11.1 Å². The molecule has 0 aromatic heterocycles. The molecule has 2 heteroatoms. The van der Waals surface area contributed by atoms with Crippen molar-refractivity contribution in [3.05, 3.63) is 54.1 Å². The standard InChI is InChI=1S/C19H24N2/c1-2-6-16-9-10-18(21-13-11-20-12-14-21)15-19(16)17-7-4-3-5-8-17/h3-5,7-10,15,20H,2,6,11-14H2,1H3. The van der Waals surface area contributed by atoms with Crippen LogP contribution in [-0.4, -0.2) is 26.2 Å². The maximum Gasteiger partial charge on any atom is 0.0373 e. The van der Waals surface area contributed by atoms with Gasteiger partial charge >= 0.3 is 0 Å². The van der Waals surface area contributed by atoms with E-state index < -0.39 is 0 Å². The molecule has 2 aromatic rings. The van der Waals surface area contributed by atoms with Gasteiger partial charge in [-0.2, -0.15) is 0 Å². The number of hydrogen-bond donors (Lipinski definition) is 1. The summed E-state index contributed by atoms with van der Waals surface area (Å²) in [4.78, 5) is 2.48. The maximum absolute atomic E-state index is 3.42. The smallest absolute Gasteiger partial charge is 0.0373 e. The van der Waals surface area contributed by atoms with Crippen molar-refractivity contribution in [2.75, 3.05) is 31.1 Å². The number of piperazine rings is 1. The molecule has 1 heterocycles. The lowest BCUT2D eigenvalue weighted by Gasteiger charge is -2.30. The van der Waals surface area contributed by atoms with Crippen molar-refractivity contribution in [1.29, 1.82) is 0 Å². The van der Waals surface area contributed by atoms with Gasteiger partial charge in [-0.15, -0.1) is 0 Å². The third-order valence-corrected chi connectivity index (χ3v) is 4.18. The van der Waals surface area contributed by atoms with E-state index in [-0.39, 0.29) is 0 Å². The number of benzene rings is 2. The molecular weight excluding hydrogens is 256 g/mol. The largest absolute Gasteiger partial charge is 0.369 e. The monoisotopic (exact) mass is 280 g/mol. The molecule has 3 rings (SSSR count). The molecule has 0 saturated carbocycles. The predicted octanol–water partition coefficient (Wildman–Crippen LogP) is 3.72. The molecule has 0 bridgehead atoms. The van der Waals surface area contributed by atoms with Crippen LogP contribution in [0.5, 0.6) is 0 Å². The Morgan fingerprint density at radius 1 is 1.00 bits per heavy atom. The van der Waals surface area contributed by atoms with Crippen molar-refractivity contribution in [3.8, 4) is 11.1 Å². The first-order valence-corrected chi connectivity index (χ1v) is 8.02. The Labute approximate surface area is 127 Å². The van der Waals surface area contributed by atoms with Crippen LogP contribution < -0.4 is 10.2 Å². The Morgan fingerprint density at radius 3 is 2.48 bits per heavy atom. The summed E-state index contributed by atoms with van der Waals surface area (Å²) in [6, 6.07) is 17.8. The Hall–Kier alpha value is -1.80. The molecule has 0 atom stereocenters. The molecule has 21 heavy (non-hydrogen) atoms. The summed E-state index contributed by atoms with van der Waals surface area (Å²) in [5, 5.41) is 3.42. The van der Waals surface area contributed by atoms with Gasteiger partial charge in [-0.05, 0) is 35.2 Å². The molecule has 0 amide bonds. The lowest BCUT2D eigenvalue weighted by molar-refractivity contribution is 0.589. The fraction of sp³-hybridized carbons (Fsp3) is 0.368. The average Bonchev–Trinajstić information content (AvgIpc) is 2.57. The Morgan fingerprint density at radius 2 is 1.76 bits per heavy atom. The molecule has 0 radical (unpaired) electrons. The summed E-state index contributed by atoms with van der Waals surface area (Å²) in [6.07, 6.45) is 2.33. The van der Waals surface area contributed by atoms with E-state index in [1.807, 2.05) is 0 Å². The topological polar surface area (TPSA) is 15.3 Å².